The summed E-state index contributed by atoms with van der Waals surface area (Å²) in [6.07, 6.45) is 41.1. The van der Waals surface area contributed by atoms with Gasteiger partial charge in [0.2, 0.25) is 5.91 Å². The Balaban J connectivity index is 2.20. The number of aliphatic hydroxyl groups excluding tert-OH is 5. The maximum absolute atomic E-state index is 12.8. The molecule has 1 amide bonds. The van der Waals surface area contributed by atoms with Crippen molar-refractivity contribution in [2.24, 2.45) is 0 Å². The Labute approximate surface area is 349 Å². The normalized spacial score (nSPS) is 21.3. The quantitative estimate of drug-likeness (QED) is 0.0266. The largest absolute Gasteiger partial charge is 0.394 e. The zero-order valence-electron chi connectivity index (χ0n) is 36.6. The van der Waals surface area contributed by atoms with Crippen LogP contribution in [0.5, 0.6) is 0 Å². The highest BCUT2D eigenvalue weighted by Crippen LogP contribution is 2.22. The first kappa shape index (κ1) is 53.4. The van der Waals surface area contributed by atoms with Crippen LogP contribution in [0.25, 0.3) is 0 Å². The summed E-state index contributed by atoms with van der Waals surface area (Å²) in [5, 5.41) is 53.9. The van der Waals surface area contributed by atoms with Gasteiger partial charge in [-0.25, -0.2) is 0 Å². The number of aliphatic hydroxyl groups is 5. The monoisotopic (exact) mass is 808 g/mol. The van der Waals surface area contributed by atoms with Gasteiger partial charge in [0.1, 0.15) is 24.4 Å². The van der Waals surface area contributed by atoms with E-state index in [9.17, 15) is 30.3 Å². The molecule has 334 valence electrons. The molecule has 0 bridgehead atoms. The van der Waals surface area contributed by atoms with Crippen molar-refractivity contribution in [1.82, 2.24) is 5.32 Å². The third kappa shape index (κ3) is 29.3. The van der Waals surface area contributed by atoms with E-state index in [1.165, 1.54) is 128 Å². The van der Waals surface area contributed by atoms with Crippen LogP contribution in [0, 0.1) is 0 Å². The molecule has 0 radical (unpaired) electrons. The molecule has 0 spiro atoms. The van der Waals surface area contributed by atoms with Crippen molar-refractivity contribution in [3.8, 4) is 0 Å². The molecule has 1 fully saturated rings. The molecule has 1 heterocycles. The predicted octanol–water partition coefficient (Wildman–Crippen LogP) is 10.1. The highest BCUT2D eigenvalue weighted by Gasteiger charge is 2.44. The van der Waals surface area contributed by atoms with Crippen molar-refractivity contribution in [2.75, 3.05) is 13.2 Å². The van der Waals surface area contributed by atoms with Crippen molar-refractivity contribution < 1.29 is 39.8 Å². The smallest absolute Gasteiger partial charge is 0.220 e. The second kappa shape index (κ2) is 38.6. The van der Waals surface area contributed by atoms with Gasteiger partial charge in [-0.15, -0.1) is 0 Å². The number of hydrogen-bond acceptors (Lipinski definition) is 8. The first-order valence-electron chi connectivity index (χ1n) is 23.7. The SMILES string of the molecule is CCCCCCCCCCCCCCCCCCCC/C=C/CC/C=C/CC/C=C/C(O)C(COC1OC(CO)C(O)C(O)C1O)NC(=O)CCCCCCCC. The molecule has 9 nitrogen and oxygen atoms in total. The van der Waals surface area contributed by atoms with Crippen LogP contribution >= 0.6 is 0 Å². The summed E-state index contributed by atoms with van der Waals surface area (Å²) in [4.78, 5) is 12.8. The zero-order chi connectivity index (χ0) is 41.6. The molecule has 9 heteroatoms. The van der Waals surface area contributed by atoms with Gasteiger partial charge in [-0.1, -0.05) is 192 Å². The summed E-state index contributed by atoms with van der Waals surface area (Å²) in [6, 6.07) is -0.822. The van der Waals surface area contributed by atoms with Crippen molar-refractivity contribution in [3.63, 3.8) is 0 Å². The van der Waals surface area contributed by atoms with Crippen molar-refractivity contribution in [2.45, 2.75) is 249 Å². The maximum Gasteiger partial charge on any atom is 0.220 e. The van der Waals surface area contributed by atoms with E-state index in [1.807, 2.05) is 6.08 Å². The fourth-order valence-corrected chi connectivity index (χ4v) is 7.36. The fourth-order valence-electron chi connectivity index (χ4n) is 7.36. The van der Waals surface area contributed by atoms with E-state index in [4.69, 9.17) is 9.47 Å². The van der Waals surface area contributed by atoms with Gasteiger partial charge in [0, 0.05) is 6.42 Å². The minimum Gasteiger partial charge on any atom is -0.394 e. The third-order valence-corrected chi connectivity index (χ3v) is 11.2. The van der Waals surface area contributed by atoms with Crippen LogP contribution in [0.4, 0.5) is 0 Å². The molecule has 6 N–H and O–H groups in total. The lowest BCUT2D eigenvalue weighted by Crippen LogP contribution is -2.60. The van der Waals surface area contributed by atoms with E-state index < -0.39 is 49.5 Å². The van der Waals surface area contributed by atoms with Gasteiger partial charge in [-0.05, 0) is 44.9 Å². The number of ether oxygens (including phenoxy) is 2. The van der Waals surface area contributed by atoms with Crippen LogP contribution in [0.1, 0.15) is 206 Å². The second-order valence-electron chi connectivity index (χ2n) is 16.5. The molecule has 0 aromatic heterocycles. The summed E-state index contributed by atoms with van der Waals surface area (Å²) in [5.41, 5.74) is 0. The van der Waals surface area contributed by atoms with Crippen LogP contribution in [-0.4, -0.2) is 87.5 Å². The average molecular weight is 808 g/mol. The summed E-state index contributed by atoms with van der Waals surface area (Å²) in [5.74, 6) is -0.201. The summed E-state index contributed by atoms with van der Waals surface area (Å²) in [7, 11) is 0. The van der Waals surface area contributed by atoms with Crippen molar-refractivity contribution in [3.05, 3.63) is 36.5 Å². The van der Waals surface area contributed by atoms with Gasteiger partial charge >= 0.3 is 0 Å². The highest BCUT2D eigenvalue weighted by atomic mass is 16.7. The molecule has 1 rings (SSSR count). The van der Waals surface area contributed by atoms with E-state index in [1.54, 1.807) is 6.08 Å². The third-order valence-electron chi connectivity index (χ3n) is 11.2. The highest BCUT2D eigenvalue weighted by molar-refractivity contribution is 5.76. The van der Waals surface area contributed by atoms with Crippen LogP contribution in [0.15, 0.2) is 36.5 Å². The Bertz CT molecular complexity index is 987. The van der Waals surface area contributed by atoms with Gasteiger partial charge in [-0.2, -0.15) is 0 Å². The second-order valence-corrected chi connectivity index (χ2v) is 16.5. The molecular weight excluding hydrogens is 719 g/mol. The van der Waals surface area contributed by atoms with Gasteiger partial charge in [0.05, 0.1) is 25.4 Å². The van der Waals surface area contributed by atoms with E-state index >= 15 is 0 Å². The molecule has 0 saturated carbocycles. The minimum atomic E-state index is -1.57. The Morgan fingerprint density at radius 3 is 1.47 bits per heavy atom. The fraction of sp³-hybridized carbons (Fsp3) is 0.854. The number of hydrogen-bond donors (Lipinski definition) is 6. The minimum absolute atomic E-state index is 0.201. The molecular formula is C48H89NO8. The topological polar surface area (TPSA) is 149 Å². The van der Waals surface area contributed by atoms with E-state index in [0.717, 1.165) is 57.8 Å². The molecule has 0 aromatic carbocycles. The number of allylic oxidation sites excluding steroid dienone is 5. The van der Waals surface area contributed by atoms with Crippen molar-refractivity contribution in [1.29, 1.82) is 0 Å². The van der Waals surface area contributed by atoms with Gasteiger partial charge in [0.15, 0.2) is 6.29 Å². The van der Waals surface area contributed by atoms with Gasteiger partial charge < -0.3 is 40.3 Å². The first-order chi connectivity index (χ1) is 27.8. The Morgan fingerprint density at radius 2 is 1.00 bits per heavy atom. The maximum atomic E-state index is 12.8. The standard InChI is InChI=1S/C48H89NO8/c1-3-5-7-9-11-12-13-14-15-16-17-18-19-20-21-22-23-24-25-26-27-28-29-30-31-32-33-35-37-42(51)41(49-44(52)38-36-34-10-8-6-4-2)40-56-48-47(55)46(54)45(53)43(39-50)57-48/h26-27,30-31,35,37,41-43,45-48,50-51,53-55H,3-25,28-29,32-34,36,38-40H2,1-2H3,(H,49,52)/b27-26+,31-30+,37-35+. The van der Waals surface area contributed by atoms with Crippen LogP contribution in [0.3, 0.4) is 0 Å². The average Bonchev–Trinajstić information content (AvgIpc) is 3.21. The lowest BCUT2D eigenvalue weighted by atomic mass is 9.99. The van der Waals surface area contributed by atoms with Crippen LogP contribution < -0.4 is 5.32 Å². The van der Waals surface area contributed by atoms with E-state index in [0.29, 0.717) is 6.42 Å². The van der Waals surface area contributed by atoms with Crippen molar-refractivity contribution >= 4 is 5.91 Å². The Morgan fingerprint density at radius 1 is 0.579 bits per heavy atom. The number of carbonyl (C=O) groups excluding carboxylic acids is 1. The lowest BCUT2D eigenvalue weighted by Gasteiger charge is -2.40. The molecule has 1 aliphatic heterocycles. The van der Waals surface area contributed by atoms with E-state index in [-0.39, 0.29) is 12.5 Å². The number of rotatable bonds is 39. The lowest BCUT2D eigenvalue weighted by molar-refractivity contribution is -0.302. The Kier molecular flexibility index (Phi) is 36.2. The summed E-state index contributed by atoms with van der Waals surface area (Å²) < 4.78 is 11.1. The van der Waals surface area contributed by atoms with Gasteiger partial charge in [0.25, 0.3) is 0 Å². The zero-order valence-corrected chi connectivity index (χ0v) is 36.6. The summed E-state index contributed by atoms with van der Waals surface area (Å²) >= 11 is 0. The molecule has 7 unspecified atom stereocenters. The molecule has 7 atom stereocenters. The number of nitrogens with one attached hydrogen (secondary N) is 1. The Hall–Kier alpha value is -1.59. The predicted molar refractivity (Wildman–Crippen MR) is 235 cm³/mol. The molecule has 0 aliphatic carbocycles. The molecule has 1 saturated heterocycles. The number of carbonyl (C=O) groups is 1. The molecule has 57 heavy (non-hydrogen) atoms. The van der Waals surface area contributed by atoms with Crippen LogP contribution in [-0.2, 0) is 14.3 Å². The van der Waals surface area contributed by atoms with E-state index in [2.05, 4.69) is 43.5 Å². The number of amides is 1. The summed E-state index contributed by atoms with van der Waals surface area (Å²) in [6.45, 7) is 3.68. The van der Waals surface area contributed by atoms with Crippen LogP contribution in [0.2, 0.25) is 0 Å². The first-order valence-corrected chi connectivity index (χ1v) is 23.7. The number of unbranched alkanes of at least 4 members (excludes halogenated alkanes) is 25. The molecule has 0 aromatic rings. The van der Waals surface area contributed by atoms with Gasteiger partial charge in [-0.3, -0.25) is 4.79 Å². The molecule has 1 aliphatic rings.